The van der Waals surface area contributed by atoms with Crippen LogP contribution in [0.25, 0.3) is 0 Å². The Bertz CT molecular complexity index is 531. The Balaban J connectivity index is 1.76. The Morgan fingerprint density at radius 2 is 2.00 bits per heavy atom. The zero-order chi connectivity index (χ0) is 13.8. The lowest BCUT2D eigenvalue weighted by atomic mass is 9.81. The van der Waals surface area contributed by atoms with Crippen LogP contribution in [0.3, 0.4) is 0 Å². The van der Waals surface area contributed by atoms with E-state index in [1.54, 1.807) is 4.88 Å². The summed E-state index contributed by atoms with van der Waals surface area (Å²) in [6, 6.07) is 15.6. The number of thiophene rings is 1. The summed E-state index contributed by atoms with van der Waals surface area (Å²) in [7, 11) is 0. The van der Waals surface area contributed by atoms with Crippen molar-refractivity contribution in [3.63, 3.8) is 0 Å². The van der Waals surface area contributed by atoms with Gasteiger partial charge in [0.2, 0.25) is 0 Å². The SMILES string of the molecule is CCc1ccc(C2CCNCC2Cc2ccccc2)s1. The van der Waals surface area contributed by atoms with Crippen LogP contribution in [-0.2, 0) is 12.8 Å². The molecular formula is C18H23NS. The first-order valence-electron chi connectivity index (χ1n) is 7.70. The molecule has 0 saturated carbocycles. The highest BCUT2D eigenvalue weighted by Gasteiger charge is 2.27. The number of benzene rings is 1. The molecule has 0 aliphatic carbocycles. The second-order valence-electron chi connectivity index (χ2n) is 5.71. The van der Waals surface area contributed by atoms with Gasteiger partial charge in [-0.3, -0.25) is 0 Å². The van der Waals surface area contributed by atoms with E-state index in [1.165, 1.54) is 29.7 Å². The molecule has 1 aliphatic rings. The van der Waals surface area contributed by atoms with Crippen molar-refractivity contribution in [1.29, 1.82) is 0 Å². The molecule has 0 amide bonds. The summed E-state index contributed by atoms with van der Waals surface area (Å²) in [4.78, 5) is 3.13. The summed E-state index contributed by atoms with van der Waals surface area (Å²) < 4.78 is 0. The van der Waals surface area contributed by atoms with Crippen LogP contribution in [0, 0.1) is 5.92 Å². The number of nitrogens with one attached hydrogen (secondary N) is 1. The maximum atomic E-state index is 3.58. The van der Waals surface area contributed by atoms with E-state index in [2.05, 4.69) is 54.7 Å². The minimum Gasteiger partial charge on any atom is -0.316 e. The van der Waals surface area contributed by atoms with Gasteiger partial charge in [-0.25, -0.2) is 0 Å². The second kappa shape index (κ2) is 6.55. The first kappa shape index (κ1) is 13.8. The summed E-state index contributed by atoms with van der Waals surface area (Å²) in [6.07, 6.45) is 3.64. The van der Waals surface area contributed by atoms with E-state index in [4.69, 9.17) is 0 Å². The molecule has 2 unspecified atom stereocenters. The van der Waals surface area contributed by atoms with Crippen LogP contribution in [0.2, 0.25) is 0 Å². The molecule has 0 radical (unpaired) electrons. The summed E-state index contributed by atoms with van der Waals surface area (Å²) in [5.41, 5.74) is 1.47. The molecule has 1 nitrogen and oxygen atoms in total. The van der Waals surface area contributed by atoms with Crippen LogP contribution in [0.5, 0.6) is 0 Å². The monoisotopic (exact) mass is 285 g/mol. The van der Waals surface area contributed by atoms with Crippen LogP contribution >= 0.6 is 11.3 Å². The number of hydrogen-bond donors (Lipinski definition) is 1. The highest BCUT2D eigenvalue weighted by molar-refractivity contribution is 7.12. The number of piperidine rings is 1. The molecule has 1 aromatic heterocycles. The summed E-state index contributed by atoms with van der Waals surface area (Å²) in [5, 5.41) is 3.58. The first-order chi connectivity index (χ1) is 9.86. The van der Waals surface area contributed by atoms with Crippen LogP contribution in [0.4, 0.5) is 0 Å². The third-order valence-corrected chi connectivity index (χ3v) is 5.71. The van der Waals surface area contributed by atoms with E-state index < -0.39 is 0 Å². The average molecular weight is 285 g/mol. The first-order valence-corrected chi connectivity index (χ1v) is 8.51. The second-order valence-corrected chi connectivity index (χ2v) is 6.91. The number of rotatable bonds is 4. The normalized spacial score (nSPS) is 22.9. The fourth-order valence-corrected chi connectivity index (χ4v) is 4.39. The molecule has 1 saturated heterocycles. The smallest absolute Gasteiger partial charge is 0.00829 e. The van der Waals surface area contributed by atoms with Gasteiger partial charge in [0, 0.05) is 9.75 Å². The van der Waals surface area contributed by atoms with Crippen LogP contribution in [-0.4, -0.2) is 13.1 Å². The van der Waals surface area contributed by atoms with Gasteiger partial charge in [-0.1, -0.05) is 37.3 Å². The van der Waals surface area contributed by atoms with Gasteiger partial charge in [0.1, 0.15) is 0 Å². The molecule has 20 heavy (non-hydrogen) atoms. The maximum Gasteiger partial charge on any atom is 0.00829 e. The molecule has 1 aromatic carbocycles. The quantitative estimate of drug-likeness (QED) is 0.885. The summed E-state index contributed by atoms with van der Waals surface area (Å²) in [6.45, 7) is 4.56. The Morgan fingerprint density at radius 1 is 1.15 bits per heavy atom. The summed E-state index contributed by atoms with van der Waals surface area (Å²) in [5.74, 6) is 1.47. The Kier molecular flexibility index (Phi) is 4.54. The lowest BCUT2D eigenvalue weighted by molar-refractivity contribution is 0.327. The van der Waals surface area contributed by atoms with Gasteiger partial charge in [0.05, 0.1) is 0 Å². The van der Waals surface area contributed by atoms with Crippen molar-refractivity contribution in [2.75, 3.05) is 13.1 Å². The number of aryl methyl sites for hydroxylation is 1. The van der Waals surface area contributed by atoms with Gasteiger partial charge in [-0.15, -0.1) is 11.3 Å². The van der Waals surface area contributed by atoms with E-state index in [1.807, 2.05) is 11.3 Å². The third kappa shape index (κ3) is 3.13. The number of hydrogen-bond acceptors (Lipinski definition) is 2. The lowest BCUT2D eigenvalue weighted by Gasteiger charge is -2.31. The fraction of sp³-hybridized carbons (Fsp3) is 0.444. The Hall–Kier alpha value is -1.12. The highest BCUT2D eigenvalue weighted by Crippen LogP contribution is 2.36. The molecule has 1 N–H and O–H groups in total. The van der Waals surface area contributed by atoms with Crippen molar-refractivity contribution in [3.05, 3.63) is 57.8 Å². The van der Waals surface area contributed by atoms with E-state index in [9.17, 15) is 0 Å². The fourth-order valence-electron chi connectivity index (χ4n) is 3.21. The Labute approximate surface area is 126 Å². The van der Waals surface area contributed by atoms with Gasteiger partial charge in [-0.05, 0) is 61.9 Å². The molecule has 1 fully saturated rings. The van der Waals surface area contributed by atoms with Crippen molar-refractivity contribution in [2.45, 2.75) is 32.1 Å². The molecule has 0 bridgehead atoms. The molecular weight excluding hydrogens is 262 g/mol. The van der Waals surface area contributed by atoms with Crippen LogP contribution in [0.1, 0.15) is 34.6 Å². The predicted octanol–water partition coefficient (Wildman–Crippen LogP) is 4.25. The predicted molar refractivity (Wildman–Crippen MR) is 87.6 cm³/mol. The molecule has 1 aliphatic heterocycles. The molecule has 2 heterocycles. The van der Waals surface area contributed by atoms with Crippen molar-refractivity contribution in [2.24, 2.45) is 5.92 Å². The van der Waals surface area contributed by atoms with Gasteiger partial charge in [-0.2, -0.15) is 0 Å². The largest absolute Gasteiger partial charge is 0.316 e. The topological polar surface area (TPSA) is 12.0 Å². The minimum atomic E-state index is 0.731. The maximum absolute atomic E-state index is 3.58. The zero-order valence-corrected chi connectivity index (χ0v) is 13.0. The van der Waals surface area contributed by atoms with Gasteiger partial charge in [0.15, 0.2) is 0 Å². The van der Waals surface area contributed by atoms with Crippen LogP contribution < -0.4 is 5.32 Å². The van der Waals surface area contributed by atoms with Gasteiger partial charge >= 0.3 is 0 Å². The van der Waals surface area contributed by atoms with Crippen molar-refractivity contribution in [1.82, 2.24) is 5.32 Å². The van der Waals surface area contributed by atoms with Crippen molar-refractivity contribution >= 4 is 11.3 Å². The average Bonchev–Trinajstić information content (AvgIpc) is 2.98. The summed E-state index contributed by atoms with van der Waals surface area (Å²) >= 11 is 2.03. The molecule has 2 atom stereocenters. The van der Waals surface area contributed by atoms with Crippen molar-refractivity contribution in [3.8, 4) is 0 Å². The van der Waals surface area contributed by atoms with E-state index in [0.717, 1.165) is 24.9 Å². The van der Waals surface area contributed by atoms with Gasteiger partial charge in [0.25, 0.3) is 0 Å². The van der Waals surface area contributed by atoms with Gasteiger partial charge < -0.3 is 5.32 Å². The standard InChI is InChI=1S/C18H23NS/c1-2-16-8-9-18(20-16)17-10-11-19-13-15(17)12-14-6-4-3-5-7-14/h3-9,15,17,19H,2,10-13H2,1H3. The molecule has 3 rings (SSSR count). The molecule has 2 heteroatoms. The highest BCUT2D eigenvalue weighted by atomic mass is 32.1. The Morgan fingerprint density at radius 3 is 2.75 bits per heavy atom. The zero-order valence-electron chi connectivity index (χ0n) is 12.1. The molecule has 106 valence electrons. The third-order valence-electron chi connectivity index (χ3n) is 4.34. The lowest BCUT2D eigenvalue weighted by Crippen LogP contribution is -2.36. The van der Waals surface area contributed by atoms with Crippen molar-refractivity contribution < 1.29 is 0 Å². The molecule has 0 spiro atoms. The van der Waals surface area contributed by atoms with E-state index >= 15 is 0 Å². The molecule has 2 aromatic rings. The van der Waals surface area contributed by atoms with Crippen LogP contribution in [0.15, 0.2) is 42.5 Å². The van der Waals surface area contributed by atoms with E-state index in [0.29, 0.717) is 0 Å². The van der Waals surface area contributed by atoms with E-state index in [-0.39, 0.29) is 0 Å². The minimum absolute atomic E-state index is 0.731.